The normalized spacial score (nSPS) is 49.5. The van der Waals surface area contributed by atoms with E-state index in [1.54, 1.807) is 14.0 Å². The van der Waals surface area contributed by atoms with Crippen LogP contribution in [0.25, 0.3) is 0 Å². The number of esters is 1. The second kappa shape index (κ2) is 24.1. The van der Waals surface area contributed by atoms with E-state index < -0.39 is 144 Å². The standard InChI is InChI=1S/C61H94O17/c1-14-39-21-38(28-62)19-31(5)53(75-47-24-44(66)54(36(10)73-47)76-48-25-45(71-13)55(37(11)74-48)77-46-23-43(65)52(67)35(9)72-46)29(3)17-16-18-59(12)26-32(6)33(7)27-61(59)57(69)49(58(70)78-61)56(68)60(15-2)50(39)30(4)20-40-42(64)22-41(63)34(8)51(40)60/h20-21,26,29,31,33-38,40,42-48,50-55,62,64-68H,14-19,22-25,27-28H2,1-13H3/b39-21+,56-49+/t29?,31-,33-,34+,35-,36-,37-,38-,40-,42+,43+,44+,45-,46+,47+,48-,50+,51-,52-,53?,54-,55-,59-,60-,61-/m1/s1. The molecule has 17 heteroatoms. The molecule has 2 bridgehead atoms. The second-order valence-corrected chi connectivity index (χ2v) is 25.4. The lowest BCUT2D eigenvalue weighted by molar-refractivity contribution is -0.338. The summed E-state index contributed by atoms with van der Waals surface area (Å²) in [5.74, 6) is -5.19. The van der Waals surface area contributed by atoms with Gasteiger partial charge in [0.2, 0.25) is 5.78 Å². The van der Waals surface area contributed by atoms with Gasteiger partial charge in [0.25, 0.3) is 0 Å². The summed E-state index contributed by atoms with van der Waals surface area (Å²) in [6.07, 6.45) is -0.691. The number of fused-ring (bicyclic) bond motifs is 4. The maximum atomic E-state index is 15.7. The van der Waals surface area contributed by atoms with Crippen LogP contribution in [0.4, 0.5) is 0 Å². The van der Waals surface area contributed by atoms with E-state index in [0.29, 0.717) is 32.1 Å². The van der Waals surface area contributed by atoms with E-state index in [4.69, 9.17) is 37.9 Å². The van der Waals surface area contributed by atoms with Crippen molar-refractivity contribution in [3.63, 3.8) is 0 Å². The Hall–Kier alpha value is -2.91. The van der Waals surface area contributed by atoms with Crippen LogP contribution < -0.4 is 0 Å². The van der Waals surface area contributed by atoms with Crippen LogP contribution >= 0.6 is 0 Å². The lowest BCUT2D eigenvalue weighted by Crippen LogP contribution is -2.57. The minimum absolute atomic E-state index is 0.0414. The quantitative estimate of drug-likeness (QED) is 0.0715. The molecule has 8 aliphatic rings. The van der Waals surface area contributed by atoms with Crippen molar-refractivity contribution < 1.29 is 82.9 Å². The average molecular weight is 1100 g/mol. The molecule has 5 fully saturated rings. The van der Waals surface area contributed by atoms with Gasteiger partial charge in [-0.2, -0.15) is 0 Å². The van der Waals surface area contributed by atoms with Gasteiger partial charge in [0, 0.05) is 80.3 Å². The highest BCUT2D eigenvalue weighted by molar-refractivity contribution is 6.26. The third kappa shape index (κ3) is 11.1. The van der Waals surface area contributed by atoms with Crippen LogP contribution in [0.15, 0.2) is 46.3 Å². The number of aliphatic hydroxyl groups excluding tert-OH is 6. The number of methoxy groups -OCH3 is 1. The Bertz CT molecular complexity index is 2290. The number of rotatable bonds is 10. The molecule has 4 aliphatic carbocycles. The van der Waals surface area contributed by atoms with Crippen molar-refractivity contribution >= 4 is 17.5 Å². The molecule has 0 radical (unpaired) electrons. The molecule has 8 rings (SSSR count). The molecule has 0 aromatic carbocycles. The molecule has 25 atom stereocenters. The zero-order chi connectivity index (χ0) is 57.1. The number of carbonyl (C=O) groups excluding carboxylic acids is 3. The van der Waals surface area contributed by atoms with Crippen molar-refractivity contribution in [3.05, 3.63) is 46.3 Å². The zero-order valence-electron chi connectivity index (χ0n) is 48.6. The first kappa shape index (κ1) is 61.2. The highest BCUT2D eigenvalue weighted by atomic mass is 16.7. The van der Waals surface area contributed by atoms with Crippen molar-refractivity contribution in [1.82, 2.24) is 0 Å². The summed E-state index contributed by atoms with van der Waals surface area (Å²) in [7, 11) is 1.57. The van der Waals surface area contributed by atoms with E-state index in [1.165, 1.54) is 0 Å². The zero-order valence-corrected chi connectivity index (χ0v) is 48.6. The van der Waals surface area contributed by atoms with Crippen LogP contribution in [0.5, 0.6) is 0 Å². The van der Waals surface area contributed by atoms with Gasteiger partial charge in [-0.15, -0.1) is 0 Å². The lowest BCUT2D eigenvalue weighted by atomic mass is 9.47. The van der Waals surface area contributed by atoms with Gasteiger partial charge in [0.05, 0.1) is 48.8 Å². The molecule has 1 spiro atoms. The molecule has 440 valence electrons. The largest absolute Gasteiger partial charge is 0.511 e. The second-order valence-electron chi connectivity index (χ2n) is 25.4. The third-order valence-electron chi connectivity index (χ3n) is 20.3. The Kier molecular flexibility index (Phi) is 18.9. The SMILES string of the molecule is CC/C1=C\[C@H](CO)C[C@@H](C)C(O[C@H]2C[C@H](O)[C@H](O[C@@H]3C[C@@H](OC)[C@H](O[C@H]4C[C@H](O)[C@H](O)[C@@H](C)O4)[C@@H](C)O3)[C@@H](C)O2)C(C)CCC[C@]2(C)C=C(C)[C@H](C)C[C@]23OC(=O)/C(=C(/O)[C@@]2(CC)[C@H]4[C@H](C=C(C)[C@@H]12)[C@@H](O)CC(=O)[C@@H]4C)C3=O. The maximum absolute atomic E-state index is 15.7. The summed E-state index contributed by atoms with van der Waals surface area (Å²) in [5, 5.41) is 68.8. The summed E-state index contributed by atoms with van der Waals surface area (Å²) in [6, 6.07) is 0. The molecular weight excluding hydrogens is 1000 g/mol. The van der Waals surface area contributed by atoms with Crippen LogP contribution in [-0.2, 0) is 52.3 Å². The molecule has 0 aromatic rings. The van der Waals surface area contributed by atoms with Gasteiger partial charge in [0.15, 0.2) is 24.5 Å². The fourth-order valence-corrected chi connectivity index (χ4v) is 16.0. The maximum Gasteiger partial charge on any atom is 0.346 e. The molecule has 4 saturated heterocycles. The molecule has 78 heavy (non-hydrogen) atoms. The number of allylic oxidation sites excluding steroid dienone is 4. The van der Waals surface area contributed by atoms with Gasteiger partial charge >= 0.3 is 5.97 Å². The number of ether oxygens (including phenoxy) is 8. The number of carbonyl (C=O) groups is 3. The number of aliphatic hydroxyl groups is 6. The highest BCUT2D eigenvalue weighted by Crippen LogP contribution is 2.64. The molecule has 4 aliphatic heterocycles. The van der Waals surface area contributed by atoms with Gasteiger partial charge in [-0.3, -0.25) is 9.59 Å². The number of Topliss-reactive ketones (excluding diaryl/α,β-unsaturated/α-hetero) is 2. The lowest BCUT2D eigenvalue weighted by Gasteiger charge is -2.56. The molecule has 0 aromatic heterocycles. The first-order valence-electron chi connectivity index (χ1n) is 29.4. The summed E-state index contributed by atoms with van der Waals surface area (Å²) in [5.41, 5.74) is -1.54. The first-order chi connectivity index (χ1) is 36.8. The Morgan fingerprint density at radius 1 is 0.744 bits per heavy atom. The Balaban J connectivity index is 1.09. The molecule has 1 saturated carbocycles. The van der Waals surface area contributed by atoms with Gasteiger partial charge in [0.1, 0.15) is 35.4 Å². The van der Waals surface area contributed by atoms with E-state index in [-0.39, 0.29) is 80.0 Å². The smallest absolute Gasteiger partial charge is 0.346 e. The van der Waals surface area contributed by atoms with E-state index in [1.807, 2.05) is 68.4 Å². The summed E-state index contributed by atoms with van der Waals surface area (Å²) < 4.78 is 51.0. The predicted molar refractivity (Wildman–Crippen MR) is 287 cm³/mol. The predicted octanol–water partition coefficient (Wildman–Crippen LogP) is 7.28. The molecular formula is C61H94O17. The topological polar surface area (TPSA) is 246 Å². The fraction of sp³-hybridized carbons (Fsp3) is 0.820. The number of ketones is 2. The molecule has 2 unspecified atom stereocenters. The highest BCUT2D eigenvalue weighted by Gasteiger charge is 2.67. The van der Waals surface area contributed by atoms with Crippen molar-refractivity contribution in [2.45, 2.75) is 245 Å². The molecule has 4 heterocycles. The van der Waals surface area contributed by atoms with Gasteiger partial charge in [-0.1, -0.05) is 89.8 Å². The van der Waals surface area contributed by atoms with Crippen molar-refractivity contribution in [1.29, 1.82) is 0 Å². The average Bonchev–Trinajstić information content (AvgIpc) is 3.88. The Morgan fingerprint density at radius 3 is 1.97 bits per heavy atom. The van der Waals surface area contributed by atoms with E-state index in [2.05, 4.69) is 26.0 Å². The summed E-state index contributed by atoms with van der Waals surface area (Å²) in [4.78, 5) is 44.3. The monoisotopic (exact) mass is 1100 g/mol. The van der Waals surface area contributed by atoms with Crippen LogP contribution in [0.1, 0.15) is 154 Å². The molecule has 6 N–H and O–H groups in total. The fourth-order valence-electron chi connectivity index (χ4n) is 16.0. The number of hydrogen-bond acceptors (Lipinski definition) is 17. The van der Waals surface area contributed by atoms with Crippen LogP contribution in [-0.4, -0.2) is 154 Å². The third-order valence-corrected chi connectivity index (χ3v) is 20.3. The van der Waals surface area contributed by atoms with Gasteiger partial charge < -0.3 is 68.5 Å². The number of hydrogen-bond donors (Lipinski definition) is 6. The molecule has 0 amide bonds. The first-order valence-corrected chi connectivity index (χ1v) is 29.4. The van der Waals surface area contributed by atoms with Crippen molar-refractivity contribution in [3.8, 4) is 0 Å². The van der Waals surface area contributed by atoms with Crippen molar-refractivity contribution in [2.75, 3.05) is 13.7 Å². The minimum Gasteiger partial charge on any atom is -0.511 e. The van der Waals surface area contributed by atoms with Gasteiger partial charge in [-0.05, 0) is 90.4 Å². The van der Waals surface area contributed by atoms with Gasteiger partial charge in [-0.25, -0.2) is 4.79 Å². The van der Waals surface area contributed by atoms with E-state index in [9.17, 15) is 40.2 Å². The van der Waals surface area contributed by atoms with Crippen LogP contribution in [0, 0.1) is 58.2 Å². The van der Waals surface area contributed by atoms with Crippen LogP contribution in [0.2, 0.25) is 0 Å². The van der Waals surface area contributed by atoms with Crippen LogP contribution in [0.3, 0.4) is 0 Å². The van der Waals surface area contributed by atoms with E-state index >= 15 is 4.79 Å². The van der Waals surface area contributed by atoms with E-state index in [0.717, 1.165) is 16.7 Å². The molecule has 17 nitrogen and oxygen atoms in total. The summed E-state index contributed by atoms with van der Waals surface area (Å²) in [6.45, 7) is 23.2. The Morgan fingerprint density at radius 2 is 1.36 bits per heavy atom. The summed E-state index contributed by atoms with van der Waals surface area (Å²) >= 11 is 0. The minimum atomic E-state index is -1.62. The van der Waals surface area contributed by atoms with Crippen molar-refractivity contribution in [2.24, 2.45) is 58.2 Å². The Labute approximate surface area is 462 Å².